The Morgan fingerprint density at radius 2 is 2.00 bits per heavy atom. The van der Waals surface area contributed by atoms with Gasteiger partial charge in [0.2, 0.25) is 5.88 Å². The van der Waals surface area contributed by atoms with Crippen LogP contribution in [0.5, 0.6) is 11.9 Å². The van der Waals surface area contributed by atoms with Crippen LogP contribution in [0.1, 0.15) is 30.9 Å². The third-order valence-corrected chi connectivity index (χ3v) is 7.29. The first-order chi connectivity index (χ1) is 19.9. The van der Waals surface area contributed by atoms with Crippen molar-refractivity contribution in [3.8, 4) is 23.1 Å². The number of halogens is 5. The van der Waals surface area contributed by atoms with Gasteiger partial charge < -0.3 is 30.4 Å². The molecule has 0 aliphatic carbocycles. The van der Waals surface area contributed by atoms with Crippen LogP contribution in [0.25, 0.3) is 22.2 Å². The number of anilines is 2. The summed E-state index contributed by atoms with van der Waals surface area (Å²) in [5.41, 5.74) is 0.102. The standard InChI is InChI=1S/C27H29F5N6O4/c1-13-3-5-34-6-7-35-23-17-22(37-25(38-23)41-12-26(10-39)4-8-40-11-26)20(29)21(36-24(17)42-13)15-9-16(33)19(28)14(2)18(15)27(30,31)32/h6,9,13,39H,3-5,7-8,10-12,33H2,1-2H3,(H,35,37,38)/t13-,26?/m0/s1. The van der Waals surface area contributed by atoms with Gasteiger partial charge in [-0.25, -0.2) is 13.8 Å². The number of nitrogens with two attached hydrogens (primary N) is 1. The highest BCUT2D eigenvalue weighted by Gasteiger charge is 2.40. The van der Waals surface area contributed by atoms with E-state index >= 15 is 4.39 Å². The van der Waals surface area contributed by atoms with Crippen LogP contribution >= 0.6 is 0 Å². The number of aliphatic hydroxyl groups is 1. The van der Waals surface area contributed by atoms with E-state index in [9.17, 15) is 22.7 Å². The van der Waals surface area contributed by atoms with E-state index in [0.29, 0.717) is 32.1 Å². The van der Waals surface area contributed by atoms with Gasteiger partial charge in [-0.05, 0) is 31.9 Å². The Bertz CT molecular complexity index is 1530. The minimum atomic E-state index is -5.07. The zero-order valence-electron chi connectivity index (χ0n) is 22.8. The molecule has 1 saturated heterocycles. The zero-order chi connectivity index (χ0) is 30.2. The number of alkyl halides is 3. The molecule has 2 aliphatic heterocycles. The van der Waals surface area contributed by atoms with Gasteiger partial charge in [-0.3, -0.25) is 4.99 Å². The summed E-state index contributed by atoms with van der Waals surface area (Å²) in [5.74, 6) is -2.72. The van der Waals surface area contributed by atoms with Crippen molar-refractivity contribution in [2.45, 2.75) is 39.0 Å². The van der Waals surface area contributed by atoms with Gasteiger partial charge in [-0.15, -0.1) is 0 Å². The molecule has 1 aromatic carbocycles. The topological polar surface area (TPSA) is 137 Å². The second-order valence-corrected chi connectivity index (χ2v) is 10.4. The maximum absolute atomic E-state index is 16.4. The summed E-state index contributed by atoms with van der Waals surface area (Å²) in [6.07, 6.45) is -3.09. The lowest BCUT2D eigenvalue weighted by Crippen LogP contribution is -2.33. The molecule has 5 rings (SSSR count). The Morgan fingerprint density at radius 1 is 1.21 bits per heavy atom. The maximum Gasteiger partial charge on any atom is 0.417 e. The highest BCUT2D eigenvalue weighted by atomic mass is 19.4. The number of hydrogen-bond donors (Lipinski definition) is 3. The first-order valence-electron chi connectivity index (χ1n) is 13.2. The molecule has 10 nitrogen and oxygen atoms in total. The van der Waals surface area contributed by atoms with E-state index in [0.717, 1.165) is 6.92 Å². The van der Waals surface area contributed by atoms with Gasteiger partial charge in [0.1, 0.15) is 34.8 Å². The van der Waals surface area contributed by atoms with E-state index < -0.39 is 62.9 Å². The monoisotopic (exact) mass is 596 g/mol. The number of hydrogen-bond acceptors (Lipinski definition) is 10. The first-order valence-corrected chi connectivity index (χ1v) is 13.2. The minimum absolute atomic E-state index is 0.0350. The Hall–Kier alpha value is -3.85. The molecule has 3 aromatic rings. The second kappa shape index (κ2) is 11.4. The SMILES string of the molecule is Cc1c(F)c(N)cc(-c2nc3c4c(nc(OCC5(CO)CCOC5)nc4c2F)NCC=NCC[C@H](C)O3)c1C(F)(F)F. The average molecular weight is 597 g/mol. The van der Waals surface area contributed by atoms with Crippen LogP contribution in [0.15, 0.2) is 11.1 Å². The summed E-state index contributed by atoms with van der Waals surface area (Å²) in [6, 6.07) is 0.387. The summed E-state index contributed by atoms with van der Waals surface area (Å²) in [4.78, 5) is 17.0. The van der Waals surface area contributed by atoms with Crippen molar-refractivity contribution in [2.75, 3.05) is 50.6 Å². The number of ether oxygens (including phenoxy) is 3. The number of rotatable bonds is 5. The largest absolute Gasteiger partial charge is 0.474 e. The van der Waals surface area contributed by atoms with Gasteiger partial charge in [0.05, 0.1) is 42.5 Å². The number of pyridine rings is 1. The van der Waals surface area contributed by atoms with Crippen LogP contribution in [0.3, 0.4) is 0 Å². The average Bonchev–Trinajstić information content (AvgIpc) is 3.41. The number of benzene rings is 1. The molecule has 0 spiro atoms. The predicted octanol–water partition coefficient (Wildman–Crippen LogP) is 4.31. The fourth-order valence-electron chi connectivity index (χ4n) is 4.90. The molecule has 2 atom stereocenters. The van der Waals surface area contributed by atoms with E-state index in [1.54, 1.807) is 13.1 Å². The third kappa shape index (κ3) is 5.62. The molecule has 226 valence electrons. The number of nitrogens with one attached hydrogen (secondary N) is 1. The molecule has 1 fully saturated rings. The van der Waals surface area contributed by atoms with Crippen LogP contribution in [-0.2, 0) is 10.9 Å². The highest BCUT2D eigenvalue weighted by Crippen LogP contribution is 2.45. The Balaban J connectivity index is 1.76. The van der Waals surface area contributed by atoms with Crippen LogP contribution in [0.4, 0.5) is 33.5 Å². The molecule has 0 saturated carbocycles. The molecule has 4 heterocycles. The van der Waals surface area contributed by atoms with Crippen LogP contribution in [-0.4, -0.2) is 71.9 Å². The first kappa shape index (κ1) is 29.6. The van der Waals surface area contributed by atoms with Crippen molar-refractivity contribution in [3.05, 3.63) is 28.8 Å². The van der Waals surface area contributed by atoms with Crippen LogP contribution < -0.4 is 20.5 Å². The molecule has 0 radical (unpaired) electrons. The van der Waals surface area contributed by atoms with E-state index in [-0.39, 0.29) is 49.5 Å². The van der Waals surface area contributed by atoms with Crippen molar-refractivity contribution in [2.24, 2.45) is 10.4 Å². The summed E-state index contributed by atoms with van der Waals surface area (Å²) in [6.45, 7) is 3.49. The fourth-order valence-corrected chi connectivity index (χ4v) is 4.90. The van der Waals surface area contributed by atoms with Gasteiger partial charge in [0, 0.05) is 31.4 Å². The summed E-state index contributed by atoms with van der Waals surface area (Å²) < 4.78 is 90.8. The Morgan fingerprint density at radius 3 is 2.69 bits per heavy atom. The third-order valence-electron chi connectivity index (χ3n) is 7.29. The Labute approximate surface area is 237 Å². The summed E-state index contributed by atoms with van der Waals surface area (Å²) >= 11 is 0. The van der Waals surface area contributed by atoms with Gasteiger partial charge in [-0.2, -0.15) is 23.1 Å². The summed E-state index contributed by atoms with van der Waals surface area (Å²) in [5, 5.41) is 12.9. The van der Waals surface area contributed by atoms with E-state index in [4.69, 9.17) is 19.9 Å². The second-order valence-electron chi connectivity index (χ2n) is 10.4. The van der Waals surface area contributed by atoms with Gasteiger partial charge >= 0.3 is 12.2 Å². The molecular weight excluding hydrogens is 567 g/mol. The van der Waals surface area contributed by atoms with Crippen molar-refractivity contribution < 1.29 is 41.3 Å². The van der Waals surface area contributed by atoms with Crippen molar-refractivity contribution in [3.63, 3.8) is 0 Å². The lowest BCUT2D eigenvalue weighted by molar-refractivity contribution is -0.137. The molecule has 1 unspecified atom stereocenters. The molecule has 2 aromatic heterocycles. The number of aliphatic imine (C=N–C) groups is 1. The van der Waals surface area contributed by atoms with E-state index in [1.807, 2.05) is 0 Å². The van der Waals surface area contributed by atoms with Gasteiger partial charge in [-0.1, -0.05) is 0 Å². The molecule has 0 amide bonds. The normalized spacial score (nSPS) is 21.1. The number of nitrogen functional groups attached to an aromatic ring is 1. The number of nitrogens with zero attached hydrogens (tertiary/aromatic N) is 4. The molecule has 15 heteroatoms. The number of aromatic nitrogens is 3. The molecule has 2 aliphatic rings. The maximum atomic E-state index is 16.4. The van der Waals surface area contributed by atoms with Gasteiger partial charge in [0.25, 0.3) is 0 Å². The van der Waals surface area contributed by atoms with Crippen molar-refractivity contribution in [1.82, 2.24) is 15.0 Å². The lowest BCUT2D eigenvalue weighted by Gasteiger charge is -2.24. The summed E-state index contributed by atoms with van der Waals surface area (Å²) in [7, 11) is 0. The lowest BCUT2D eigenvalue weighted by atomic mass is 9.90. The van der Waals surface area contributed by atoms with Crippen LogP contribution in [0.2, 0.25) is 0 Å². The predicted molar refractivity (Wildman–Crippen MR) is 144 cm³/mol. The quantitative estimate of drug-likeness (QED) is 0.291. The smallest absolute Gasteiger partial charge is 0.417 e. The van der Waals surface area contributed by atoms with Crippen molar-refractivity contribution >= 4 is 28.6 Å². The van der Waals surface area contributed by atoms with Crippen LogP contribution in [0, 0.1) is 24.0 Å². The molecule has 42 heavy (non-hydrogen) atoms. The highest BCUT2D eigenvalue weighted by molar-refractivity contribution is 5.97. The zero-order valence-corrected chi connectivity index (χ0v) is 22.8. The Kier molecular flexibility index (Phi) is 8.07. The molecule has 0 bridgehead atoms. The molecule has 4 N–H and O–H groups in total. The van der Waals surface area contributed by atoms with Crippen molar-refractivity contribution in [1.29, 1.82) is 0 Å². The number of aliphatic hydroxyl groups excluding tert-OH is 1. The van der Waals surface area contributed by atoms with E-state index in [2.05, 4.69) is 25.3 Å². The van der Waals surface area contributed by atoms with E-state index in [1.165, 1.54) is 0 Å². The minimum Gasteiger partial charge on any atom is -0.474 e. The van der Waals surface area contributed by atoms with Gasteiger partial charge in [0.15, 0.2) is 5.82 Å². The molecular formula is C27H29F5N6O4. The fraction of sp³-hybridized carbons (Fsp3) is 0.481.